The molecular formula is C20H20N2O5. The molecule has 1 aliphatic rings. The van der Waals surface area contributed by atoms with Crippen LogP contribution in [0.25, 0.3) is 11.1 Å². The Morgan fingerprint density at radius 3 is 2.78 bits per heavy atom. The van der Waals surface area contributed by atoms with Gasteiger partial charge in [0.25, 0.3) is 0 Å². The van der Waals surface area contributed by atoms with Crippen LogP contribution >= 0.6 is 0 Å². The first-order chi connectivity index (χ1) is 13.2. The first-order valence-corrected chi connectivity index (χ1v) is 8.67. The predicted molar refractivity (Wildman–Crippen MR) is 98.1 cm³/mol. The molecular weight excluding hydrogens is 348 g/mol. The van der Waals surface area contributed by atoms with Gasteiger partial charge in [-0.15, -0.1) is 0 Å². The van der Waals surface area contributed by atoms with Crippen LogP contribution in [-0.2, 0) is 17.8 Å². The predicted octanol–water partition coefficient (Wildman–Crippen LogP) is 2.71. The number of nitrogens with zero attached hydrogens (tertiary/aromatic N) is 1. The van der Waals surface area contributed by atoms with Crippen LogP contribution in [0.2, 0.25) is 0 Å². The van der Waals surface area contributed by atoms with Crippen LogP contribution in [0.4, 0.5) is 0 Å². The summed E-state index contributed by atoms with van der Waals surface area (Å²) in [5.41, 5.74) is 2.32. The molecule has 2 heterocycles. The molecule has 2 aromatic carbocycles. The minimum absolute atomic E-state index is 0.0942. The van der Waals surface area contributed by atoms with Gasteiger partial charge in [0.15, 0.2) is 5.58 Å². The highest BCUT2D eigenvalue weighted by Gasteiger charge is 2.26. The van der Waals surface area contributed by atoms with Crippen LogP contribution < -0.4 is 19.5 Å². The van der Waals surface area contributed by atoms with Crippen molar-refractivity contribution in [1.82, 2.24) is 10.3 Å². The first kappa shape index (κ1) is 17.2. The van der Waals surface area contributed by atoms with Gasteiger partial charge in [-0.1, -0.05) is 0 Å². The monoisotopic (exact) mass is 368 g/mol. The molecule has 1 amide bonds. The van der Waals surface area contributed by atoms with E-state index >= 15 is 0 Å². The fourth-order valence-corrected chi connectivity index (χ4v) is 3.13. The van der Waals surface area contributed by atoms with Crippen molar-refractivity contribution >= 4 is 17.0 Å². The second kappa shape index (κ2) is 7.19. The van der Waals surface area contributed by atoms with E-state index in [1.807, 2.05) is 18.2 Å². The zero-order valence-corrected chi connectivity index (χ0v) is 15.2. The molecule has 7 heteroatoms. The Morgan fingerprint density at radius 2 is 1.96 bits per heavy atom. The molecule has 0 fully saturated rings. The van der Waals surface area contributed by atoms with Gasteiger partial charge in [-0.05, 0) is 42.3 Å². The van der Waals surface area contributed by atoms with Gasteiger partial charge >= 0.3 is 0 Å². The number of aromatic nitrogens is 1. The first-order valence-electron chi connectivity index (χ1n) is 8.67. The number of carbonyl (C=O) groups is 1. The lowest BCUT2D eigenvalue weighted by atomic mass is 9.96. The molecule has 1 atom stereocenters. The van der Waals surface area contributed by atoms with E-state index in [0.29, 0.717) is 35.8 Å². The Labute approximate surface area is 156 Å². The van der Waals surface area contributed by atoms with Gasteiger partial charge in [0, 0.05) is 6.07 Å². The average molecular weight is 368 g/mol. The molecule has 140 valence electrons. The average Bonchev–Trinajstić information content (AvgIpc) is 3.13. The molecule has 0 spiro atoms. The SMILES string of the molecule is COc1ccc2c(c1)C[C@H](C(=O)NCc1nc3cc(OC)ccc3o1)CO2. The summed E-state index contributed by atoms with van der Waals surface area (Å²) in [4.78, 5) is 16.9. The van der Waals surface area contributed by atoms with Crippen LogP contribution in [0.3, 0.4) is 0 Å². The maximum absolute atomic E-state index is 12.5. The van der Waals surface area contributed by atoms with Crippen LogP contribution in [0.15, 0.2) is 40.8 Å². The summed E-state index contributed by atoms with van der Waals surface area (Å²) in [5.74, 6) is 2.34. The summed E-state index contributed by atoms with van der Waals surface area (Å²) in [6.45, 7) is 0.563. The summed E-state index contributed by atoms with van der Waals surface area (Å²) < 4.78 is 21.8. The minimum atomic E-state index is -0.269. The molecule has 3 aromatic rings. The Balaban J connectivity index is 1.41. The normalized spacial score (nSPS) is 15.7. The number of amides is 1. The van der Waals surface area contributed by atoms with E-state index in [1.54, 1.807) is 32.4 Å². The molecule has 0 unspecified atom stereocenters. The fourth-order valence-electron chi connectivity index (χ4n) is 3.13. The Morgan fingerprint density at radius 1 is 1.19 bits per heavy atom. The van der Waals surface area contributed by atoms with Gasteiger partial charge in [-0.2, -0.15) is 0 Å². The van der Waals surface area contributed by atoms with E-state index in [-0.39, 0.29) is 18.4 Å². The van der Waals surface area contributed by atoms with Crippen molar-refractivity contribution < 1.29 is 23.4 Å². The number of nitrogens with one attached hydrogen (secondary N) is 1. The van der Waals surface area contributed by atoms with Crippen molar-refractivity contribution in [3.05, 3.63) is 47.9 Å². The molecule has 0 saturated carbocycles. The second-order valence-electron chi connectivity index (χ2n) is 6.34. The molecule has 4 rings (SSSR count). The summed E-state index contributed by atoms with van der Waals surface area (Å²) in [5, 5.41) is 2.88. The molecule has 7 nitrogen and oxygen atoms in total. The van der Waals surface area contributed by atoms with Crippen LogP contribution in [0.5, 0.6) is 17.2 Å². The third kappa shape index (κ3) is 3.53. The third-order valence-electron chi connectivity index (χ3n) is 4.60. The van der Waals surface area contributed by atoms with E-state index in [9.17, 15) is 4.79 Å². The number of oxazole rings is 1. The van der Waals surface area contributed by atoms with E-state index < -0.39 is 0 Å². The van der Waals surface area contributed by atoms with Crippen molar-refractivity contribution in [2.45, 2.75) is 13.0 Å². The Bertz CT molecular complexity index is 982. The van der Waals surface area contributed by atoms with Crippen molar-refractivity contribution in [3.8, 4) is 17.2 Å². The number of hydrogen-bond donors (Lipinski definition) is 1. The molecule has 1 N–H and O–H groups in total. The Kier molecular flexibility index (Phi) is 4.58. The van der Waals surface area contributed by atoms with E-state index in [4.69, 9.17) is 18.6 Å². The van der Waals surface area contributed by atoms with E-state index in [0.717, 1.165) is 17.1 Å². The maximum atomic E-state index is 12.5. The number of benzene rings is 2. The molecule has 27 heavy (non-hydrogen) atoms. The van der Waals surface area contributed by atoms with Crippen molar-refractivity contribution in [1.29, 1.82) is 0 Å². The van der Waals surface area contributed by atoms with Crippen LogP contribution in [-0.4, -0.2) is 31.7 Å². The number of carbonyl (C=O) groups excluding carboxylic acids is 1. The number of rotatable bonds is 5. The highest BCUT2D eigenvalue weighted by atomic mass is 16.5. The topological polar surface area (TPSA) is 82.8 Å². The number of ether oxygens (including phenoxy) is 3. The zero-order chi connectivity index (χ0) is 18.8. The molecule has 1 aromatic heterocycles. The largest absolute Gasteiger partial charge is 0.497 e. The van der Waals surface area contributed by atoms with Crippen LogP contribution in [0, 0.1) is 5.92 Å². The highest BCUT2D eigenvalue weighted by Crippen LogP contribution is 2.30. The second-order valence-corrected chi connectivity index (χ2v) is 6.34. The van der Waals surface area contributed by atoms with E-state index in [1.165, 1.54) is 0 Å². The summed E-state index contributed by atoms with van der Waals surface area (Å²) in [7, 11) is 3.22. The van der Waals surface area contributed by atoms with Crippen LogP contribution in [0.1, 0.15) is 11.5 Å². The molecule has 0 bridgehead atoms. The zero-order valence-electron chi connectivity index (χ0n) is 15.2. The van der Waals surface area contributed by atoms with Gasteiger partial charge in [0.2, 0.25) is 11.8 Å². The lowest BCUT2D eigenvalue weighted by Crippen LogP contribution is -2.37. The lowest BCUT2D eigenvalue weighted by Gasteiger charge is -2.24. The highest BCUT2D eigenvalue weighted by molar-refractivity contribution is 5.80. The van der Waals surface area contributed by atoms with Crippen molar-refractivity contribution in [2.75, 3.05) is 20.8 Å². The molecule has 0 saturated heterocycles. The number of fused-ring (bicyclic) bond motifs is 2. The third-order valence-corrected chi connectivity index (χ3v) is 4.60. The number of methoxy groups -OCH3 is 2. The maximum Gasteiger partial charge on any atom is 0.227 e. The number of hydrogen-bond acceptors (Lipinski definition) is 6. The minimum Gasteiger partial charge on any atom is -0.497 e. The van der Waals surface area contributed by atoms with Gasteiger partial charge in [0.1, 0.15) is 29.4 Å². The Hall–Kier alpha value is -3.22. The molecule has 0 aliphatic carbocycles. The summed E-state index contributed by atoms with van der Waals surface area (Å²) >= 11 is 0. The van der Waals surface area contributed by atoms with Gasteiger partial charge in [0.05, 0.1) is 26.7 Å². The fraction of sp³-hybridized carbons (Fsp3) is 0.300. The lowest BCUT2D eigenvalue weighted by molar-refractivity contribution is -0.126. The summed E-state index contributed by atoms with van der Waals surface area (Å²) in [6.07, 6.45) is 0.600. The summed E-state index contributed by atoms with van der Waals surface area (Å²) in [6, 6.07) is 11.0. The van der Waals surface area contributed by atoms with Crippen molar-refractivity contribution in [3.63, 3.8) is 0 Å². The van der Waals surface area contributed by atoms with Crippen molar-refractivity contribution in [2.24, 2.45) is 5.92 Å². The van der Waals surface area contributed by atoms with Gasteiger partial charge in [-0.25, -0.2) is 4.98 Å². The standard InChI is InChI=1S/C20H20N2O5/c1-24-14-3-5-17-12(8-14)7-13(11-26-17)20(23)21-10-19-22-16-9-15(25-2)4-6-18(16)27-19/h3-6,8-9,13H,7,10-11H2,1-2H3,(H,21,23)/t13-/m0/s1. The van der Waals surface area contributed by atoms with E-state index in [2.05, 4.69) is 10.3 Å². The van der Waals surface area contributed by atoms with Gasteiger partial charge < -0.3 is 23.9 Å². The van der Waals surface area contributed by atoms with Gasteiger partial charge in [-0.3, -0.25) is 4.79 Å². The molecule has 1 aliphatic heterocycles. The smallest absolute Gasteiger partial charge is 0.227 e. The quantitative estimate of drug-likeness (QED) is 0.746. The molecule has 0 radical (unpaired) electrons.